The van der Waals surface area contributed by atoms with E-state index < -0.39 is 0 Å². The third kappa shape index (κ3) is 3.96. The highest BCUT2D eigenvalue weighted by Crippen LogP contribution is 2.17. The minimum Gasteiger partial charge on any atom is -0.381 e. The second kappa shape index (κ2) is 6.36. The van der Waals surface area contributed by atoms with Crippen LogP contribution in [-0.4, -0.2) is 38.3 Å². The van der Waals surface area contributed by atoms with Gasteiger partial charge in [0.15, 0.2) is 0 Å². The Bertz CT molecular complexity index is 252. The Balaban J connectivity index is 1.69. The molecule has 2 rings (SSSR count). The molecule has 0 aromatic heterocycles. The van der Waals surface area contributed by atoms with Crippen molar-refractivity contribution in [2.75, 3.05) is 26.3 Å². The highest BCUT2D eigenvalue weighted by molar-refractivity contribution is 5.78. The molecule has 0 aromatic rings. The first-order chi connectivity index (χ1) is 8.25. The lowest BCUT2D eigenvalue weighted by Crippen LogP contribution is -2.44. The average molecular weight is 240 g/mol. The third-order valence-corrected chi connectivity index (χ3v) is 3.81. The van der Waals surface area contributed by atoms with Crippen molar-refractivity contribution in [1.82, 2.24) is 10.6 Å². The summed E-state index contributed by atoms with van der Waals surface area (Å²) in [6.45, 7) is 5.59. The number of hydrogen-bond donors (Lipinski definition) is 2. The van der Waals surface area contributed by atoms with Crippen LogP contribution in [0.5, 0.6) is 0 Å². The van der Waals surface area contributed by atoms with Crippen molar-refractivity contribution in [3.8, 4) is 0 Å². The van der Waals surface area contributed by atoms with E-state index in [9.17, 15) is 4.79 Å². The van der Waals surface area contributed by atoms with Crippen LogP contribution in [0.15, 0.2) is 0 Å². The van der Waals surface area contributed by atoms with E-state index in [0.717, 1.165) is 45.6 Å². The molecule has 2 heterocycles. The number of piperidine rings is 1. The summed E-state index contributed by atoms with van der Waals surface area (Å²) < 4.78 is 5.42. The van der Waals surface area contributed by atoms with Gasteiger partial charge in [-0.2, -0.15) is 0 Å². The predicted octanol–water partition coefficient (Wildman–Crippen LogP) is 0.917. The van der Waals surface area contributed by atoms with Gasteiger partial charge < -0.3 is 15.4 Å². The third-order valence-electron chi connectivity index (χ3n) is 3.81. The summed E-state index contributed by atoms with van der Waals surface area (Å²) in [5.74, 6) is 0.964. The van der Waals surface area contributed by atoms with Crippen molar-refractivity contribution >= 4 is 5.91 Å². The van der Waals surface area contributed by atoms with Crippen molar-refractivity contribution in [2.45, 2.75) is 38.6 Å². The summed E-state index contributed by atoms with van der Waals surface area (Å²) in [5, 5.41) is 6.47. The quantitative estimate of drug-likeness (QED) is 0.771. The van der Waals surface area contributed by atoms with Gasteiger partial charge in [-0.05, 0) is 45.1 Å². The molecule has 3 unspecified atom stereocenters. The molecule has 2 fully saturated rings. The molecule has 0 spiro atoms. The molecule has 4 heteroatoms. The van der Waals surface area contributed by atoms with Gasteiger partial charge in [-0.3, -0.25) is 4.79 Å². The zero-order valence-corrected chi connectivity index (χ0v) is 10.7. The summed E-state index contributed by atoms with van der Waals surface area (Å²) in [5.41, 5.74) is 0. The summed E-state index contributed by atoms with van der Waals surface area (Å²) in [4.78, 5) is 12.0. The summed E-state index contributed by atoms with van der Waals surface area (Å²) in [7, 11) is 0. The van der Waals surface area contributed by atoms with E-state index in [1.54, 1.807) is 0 Å². The lowest BCUT2D eigenvalue weighted by atomic mass is 9.92. The van der Waals surface area contributed by atoms with Crippen LogP contribution >= 0.6 is 0 Å². The maximum atomic E-state index is 12.0. The topological polar surface area (TPSA) is 50.4 Å². The van der Waals surface area contributed by atoms with E-state index >= 15 is 0 Å². The molecule has 0 saturated carbocycles. The number of hydrogen-bond acceptors (Lipinski definition) is 3. The van der Waals surface area contributed by atoms with Crippen molar-refractivity contribution < 1.29 is 9.53 Å². The van der Waals surface area contributed by atoms with Gasteiger partial charge in [0.25, 0.3) is 0 Å². The van der Waals surface area contributed by atoms with E-state index in [4.69, 9.17) is 4.74 Å². The Morgan fingerprint density at radius 3 is 3.06 bits per heavy atom. The predicted molar refractivity (Wildman–Crippen MR) is 66.7 cm³/mol. The molecule has 0 aliphatic carbocycles. The molecule has 4 nitrogen and oxygen atoms in total. The van der Waals surface area contributed by atoms with Gasteiger partial charge in [0, 0.05) is 25.1 Å². The van der Waals surface area contributed by atoms with Gasteiger partial charge in [-0.15, -0.1) is 0 Å². The molecule has 2 saturated heterocycles. The standard InChI is InChI=1S/C13H24N2O2/c1-10-7-12(4-5-14-10)13(16)15-8-11-3-2-6-17-9-11/h10-12,14H,2-9H2,1H3,(H,15,16). The van der Waals surface area contributed by atoms with Crippen LogP contribution in [0.4, 0.5) is 0 Å². The maximum absolute atomic E-state index is 12.0. The van der Waals surface area contributed by atoms with E-state index in [-0.39, 0.29) is 11.8 Å². The van der Waals surface area contributed by atoms with Gasteiger partial charge in [-0.25, -0.2) is 0 Å². The number of carbonyl (C=O) groups excluding carboxylic acids is 1. The zero-order valence-electron chi connectivity index (χ0n) is 10.7. The van der Waals surface area contributed by atoms with Gasteiger partial charge in [-0.1, -0.05) is 0 Å². The minimum absolute atomic E-state index is 0.204. The molecule has 0 radical (unpaired) electrons. The van der Waals surface area contributed by atoms with Crippen LogP contribution < -0.4 is 10.6 Å². The molecular weight excluding hydrogens is 216 g/mol. The number of carbonyl (C=O) groups is 1. The summed E-state index contributed by atoms with van der Waals surface area (Å²) >= 11 is 0. The molecule has 3 atom stereocenters. The number of nitrogens with one attached hydrogen (secondary N) is 2. The zero-order chi connectivity index (χ0) is 12.1. The van der Waals surface area contributed by atoms with Crippen LogP contribution in [0.1, 0.15) is 32.6 Å². The summed E-state index contributed by atoms with van der Waals surface area (Å²) in [6, 6.07) is 0.470. The first kappa shape index (κ1) is 12.8. The molecule has 17 heavy (non-hydrogen) atoms. The molecule has 98 valence electrons. The normalized spacial score (nSPS) is 34.3. The SMILES string of the molecule is CC1CC(C(=O)NCC2CCCOC2)CCN1. The molecule has 2 N–H and O–H groups in total. The van der Waals surface area contributed by atoms with Gasteiger partial charge >= 0.3 is 0 Å². The lowest BCUT2D eigenvalue weighted by molar-refractivity contribution is -0.126. The maximum Gasteiger partial charge on any atom is 0.223 e. The fourth-order valence-corrected chi connectivity index (χ4v) is 2.73. The molecule has 0 aromatic carbocycles. The van der Waals surface area contributed by atoms with E-state index in [1.165, 1.54) is 6.42 Å². The molecule has 2 aliphatic heterocycles. The second-order valence-corrected chi connectivity index (χ2v) is 5.40. The number of amides is 1. The van der Waals surface area contributed by atoms with Crippen LogP contribution in [-0.2, 0) is 9.53 Å². The largest absolute Gasteiger partial charge is 0.381 e. The highest BCUT2D eigenvalue weighted by Gasteiger charge is 2.25. The number of rotatable bonds is 3. The fraction of sp³-hybridized carbons (Fsp3) is 0.923. The molecular formula is C13H24N2O2. The van der Waals surface area contributed by atoms with Crippen LogP contribution in [0.25, 0.3) is 0 Å². The second-order valence-electron chi connectivity index (χ2n) is 5.40. The first-order valence-corrected chi connectivity index (χ1v) is 6.84. The Morgan fingerprint density at radius 2 is 2.35 bits per heavy atom. The Morgan fingerprint density at radius 1 is 1.47 bits per heavy atom. The average Bonchev–Trinajstić information content (AvgIpc) is 2.37. The molecule has 0 bridgehead atoms. The minimum atomic E-state index is 0.204. The van der Waals surface area contributed by atoms with E-state index in [1.807, 2.05) is 0 Å². The van der Waals surface area contributed by atoms with Gasteiger partial charge in [0.1, 0.15) is 0 Å². The number of ether oxygens (including phenoxy) is 1. The summed E-state index contributed by atoms with van der Waals surface area (Å²) in [6.07, 6.45) is 4.25. The van der Waals surface area contributed by atoms with Gasteiger partial charge in [0.05, 0.1) is 6.61 Å². The van der Waals surface area contributed by atoms with Crippen molar-refractivity contribution in [2.24, 2.45) is 11.8 Å². The van der Waals surface area contributed by atoms with Gasteiger partial charge in [0.2, 0.25) is 5.91 Å². The first-order valence-electron chi connectivity index (χ1n) is 6.84. The Kier molecular flexibility index (Phi) is 4.80. The monoisotopic (exact) mass is 240 g/mol. The Hall–Kier alpha value is -0.610. The van der Waals surface area contributed by atoms with Crippen LogP contribution in [0.2, 0.25) is 0 Å². The fourth-order valence-electron chi connectivity index (χ4n) is 2.73. The van der Waals surface area contributed by atoms with E-state index in [2.05, 4.69) is 17.6 Å². The van der Waals surface area contributed by atoms with Crippen molar-refractivity contribution in [1.29, 1.82) is 0 Å². The molecule has 2 aliphatic rings. The highest BCUT2D eigenvalue weighted by atomic mass is 16.5. The van der Waals surface area contributed by atoms with Crippen LogP contribution in [0.3, 0.4) is 0 Å². The van der Waals surface area contributed by atoms with Crippen LogP contribution in [0, 0.1) is 11.8 Å². The lowest BCUT2D eigenvalue weighted by Gasteiger charge is -2.28. The smallest absolute Gasteiger partial charge is 0.223 e. The Labute approximate surface area is 103 Å². The van der Waals surface area contributed by atoms with Crippen molar-refractivity contribution in [3.05, 3.63) is 0 Å². The van der Waals surface area contributed by atoms with E-state index in [0.29, 0.717) is 12.0 Å². The molecule has 1 amide bonds. The van der Waals surface area contributed by atoms with Crippen molar-refractivity contribution in [3.63, 3.8) is 0 Å².